The molecule has 0 radical (unpaired) electrons. The maximum absolute atomic E-state index is 12.9. The van der Waals surface area contributed by atoms with Gasteiger partial charge in [0.25, 0.3) is 0 Å². The predicted molar refractivity (Wildman–Crippen MR) is 132 cm³/mol. The Hall–Kier alpha value is -3.12. The second-order valence-corrected chi connectivity index (χ2v) is 9.35. The van der Waals surface area contributed by atoms with Crippen molar-refractivity contribution in [2.45, 2.75) is 57.3 Å². The first kappa shape index (κ1) is 29.9. The average molecular weight is 511 g/mol. The molecule has 4 unspecified atom stereocenters. The Morgan fingerprint density at radius 1 is 0.886 bits per heavy atom. The average Bonchev–Trinajstić information content (AvgIpc) is 2.80. The van der Waals surface area contributed by atoms with Gasteiger partial charge in [-0.15, -0.1) is 0 Å². The lowest BCUT2D eigenvalue weighted by atomic mass is 10.0. The molecule has 11 nitrogen and oxygen atoms in total. The number of benzene rings is 1. The molecule has 4 atom stereocenters. The van der Waals surface area contributed by atoms with Gasteiger partial charge in [0.2, 0.25) is 17.7 Å². The Labute approximate surface area is 208 Å². The number of carbonyl (C=O) groups is 5. The van der Waals surface area contributed by atoms with Crippen molar-refractivity contribution in [1.82, 2.24) is 16.0 Å². The van der Waals surface area contributed by atoms with Crippen molar-refractivity contribution >= 4 is 41.4 Å². The van der Waals surface area contributed by atoms with E-state index in [9.17, 15) is 34.2 Å². The molecule has 0 aliphatic rings. The van der Waals surface area contributed by atoms with Gasteiger partial charge < -0.3 is 31.9 Å². The molecule has 1 rings (SSSR count). The van der Waals surface area contributed by atoms with Crippen LogP contribution in [0.2, 0.25) is 0 Å². The van der Waals surface area contributed by atoms with Crippen LogP contribution >= 0.6 is 11.8 Å². The fraction of sp³-hybridized carbons (Fsp3) is 0.522. The highest BCUT2D eigenvalue weighted by atomic mass is 32.2. The van der Waals surface area contributed by atoms with Crippen LogP contribution in [-0.4, -0.2) is 76.0 Å². The number of rotatable bonds is 15. The Morgan fingerprint density at radius 3 is 1.94 bits per heavy atom. The minimum atomic E-state index is -1.46. The summed E-state index contributed by atoms with van der Waals surface area (Å²) in [5.41, 5.74) is 6.49. The van der Waals surface area contributed by atoms with Crippen molar-refractivity contribution in [2.24, 2.45) is 11.7 Å². The van der Waals surface area contributed by atoms with Crippen molar-refractivity contribution < 1.29 is 34.2 Å². The SMILES string of the molecule is CSCCC(NC(=O)C(CC(=O)O)NC(=O)C(N)C(C)C)C(=O)NC(Cc1ccccc1)C(=O)O. The van der Waals surface area contributed by atoms with Crippen molar-refractivity contribution in [3.05, 3.63) is 35.9 Å². The Morgan fingerprint density at radius 2 is 1.43 bits per heavy atom. The molecule has 0 aliphatic heterocycles. The monoisotopic (exact) mass is 510 g/mol. The van der Waals surface area contributed by atoms with Crippen molar-refractivity contribution in [3.63, 3.8) is 0 Å². The number of aliphatic carboxylic acids is 2. The van der Waals surface area contributed by atoms with Gasteiger partial charge >= 0.3 is 11.9 Å². The lowest BCUT2D eigenvalue weighted by molar-refractivity contribution is -0.143. The fourth-order valence-corrected chi connectivity index (χ4v) is 3.53. The van der Waals surface area contributed by atoms with Crippen LogP contribution in [-0.2, 0) is 30.4 Å². The van der Waals surface area contributed by atoms with Crippen LogP contribution < -0.4 is 21.7 Å². The summed E-state index contributed by atoms with van der Waals surface area (Å²) in [6.45, 7) is 3.40. The molecule has 0 saturated carbocycles. The normalized spacial score (nSPS) is 14.3. The van der Waals surface area contributed by atoms with E-state index in [1.54, 1.807) is 50.4 Å². The van der Waals surface area contributed by atoms with Gasteiger partial charge in [0.05, 0.1) is 12.5 Å². The van der Waals surface area contributed by atoms with Crippen LogP contribution in [0.1, 0.15) is 32.3 Å². The standard InChI is InChI=1S/C23H34N4O7S/c1-13(2)19(24)22(32)26-16(12-18(28)29)21(31)25-15(9-10-35-3)20(30)27-17(23(33)34)11-14-7-5-4-6-8-14/h4-8,13,15-17,19H,9-12,24H2,1-3H3,(H,25,31)(H,26,32)(H,27,30)(H,28,29)(H,33,34). The molecule has 12 heteroatoms. The van der Waals surface area contributed by atoms with E-state index < -0.39 is 60.2 Å². The zero-order valence-corrected chi connectivity index (χ0v) is 20.8. The van der Waals surface area contributed by atoms with E-state index in [2.05, 4.69) is 16.0 Å². The van der Waals surface area contributed by atoms with Gasteiger partial charge in [0, 0.05) is 6.42 Å². The Kier molecular flexibility index (Phi) is 12.8. The molecule has 3 amide bonds. The quantitative estimate of drug-likeness (QED) is 0.188. The highest BCUT2D eigenvalue weighted by Gasteiger charge is 2.31. The number of hydrogen-bond donors (Lipinski definition) is 6. The number of carboxylic acids is 2. The maximum Gasteiger partial charge on any atom is 0.326 e. The van der Waals surface area contributed by atoms with Crippen LogP contribution in [0.4, 0.5) is 0 Å². The first-order valence-electron chi connectivity index (χ1n) is 11.1. The largest absolute Gasteiger partial charge is 0.481 e. The second-order valence-electron chi connectivity index (χ2n) is 8.36. The lowest BCUT2D eigenvalue weighted by Crippen LogP contribution is -2.58. The van der Waals surface area contributed by atoms with E-state index in [0.717, 1.165) is 0 Å². The van der Waals surface area contributed by atoms with Crippen molar-refractivity contribution in [1.29, 1.82) is 0 Å². The van der Waals surface area contributed by atoms with Gasteiger partial charge in [-0.05, 0) is 29.9 Å². The number of thioether (sulfide) groups is 1. The van der Waals surface area contributed by atoms with Crippen LogP contribution in [0.3, 0.4) is 0 Å². The summed E-state index contributed by atoms with van der Waals surface area (Å²) >= 11 is 1.41. The first-order chi connectivity index (χ1) is 16.5. The van der Waals surface area contributed by atoms with Crippen molar-refractivity contribution in [2.75, 3.05) is 12.0 Å². The maximum atomic E-state index is 12.9. The molecule has 35 heavy (non-hydrogen) atoms. The van der Waals surface area contributed by atoms with E-state index in [1.807, 2.05) is 0 Å². The molecule has 1 aromatic carbocycles. The molecule has 0 saturated heterocycles. The van der Waals surface area contributed by atoms with Crippen LogP contribution in [0, 0.1) is 5.92 Å². The summed E-state index contributed by atoms with van der Waals surface area (Å²) in [7, 11) is 0. The van der Waals surface area contributed by atoms with Gasteiger partial charge in [-0.25, -0.2) is 4.79 Å². The summed E-state index contributed by atoms with van der Waals surface area (Å²) in [6, 6.07) is 3.95. The number of nitrogens with two attached hydrogens (primary N) is 1. The molecular formula is C23H34N4O7S. The highest BCUT2D eigenvalue weighted by Crippen LogP contribution is 2.07. The fourth-order valence-electron chi connectivity index (χ4n) is 3.05. The summed E-state index contributed by atoms with van der Waals surface area (Å²) < 4.78 is 0. The third-order valence-corrected chi connectivity index (χ3v) is 5.82. The van der Waals surface area contributed by atoms with Gasteiger partial charge in [-0.3, -0.25) is 19.2 Å². The highest BCUT2D eigenvalue weighted by molar-refractivity contribution is 7.98. The molecular weight excluding hydrogens is 476 g/mol. The third kappa shape index (κ3) is 10.8. The Bertz CT molecular complexity index is 882. The van der Waals surface area contributed by atoms with Gasteiger partial charge in [0.1, 0.15) is 18.1 Å². The molecule has 0 heterocycles. The van der Waals surface area contributed by atoms with E-state index in [-0.39, 0.29) is 18.8 Å². The molecule has 1 aromatic rings. The zero-order valence-electron chi connectivity index (χ0n) is 20.0. The number of carbonyl (C=O) groups excluding carboxylic acids is 3. The summed E-state index contributed by atoms with van der Waals surface area (Å²) in [5, 5.41) is 26.0. The topological polar surface area (TPSA) is 188 Å². The second kappa shape index (κ2) is 15.0. The van der Waals surface area contributed by atoms with Gasteiger partial charge in [-0.1, -0.05) is 44.2 Å². The first-order valence-corrected chi connectivity index (χ1v) is 12.5. The summed E-state index contributed by atoms with van der Waals surface area (Å²) in [6.07, 6.45) is 1.28. The molecule has 194 valence electrons. The summed E-state index contributed by atoms with van der Waals surface area (Å²) in [5.74, 6) is -4.66. The van der Waals surface area contributed by atoms with Crippen molar-refractivity contribution in [3.8, 4) is 0 Å². The minimum absolute atomic E-state index is 0.0376. The van der Waals surface area contributed by atoms with Gasteiger partial charge in [0.15, 0.2) is 0 Å². The molecule has 0 bridgehead atoms. The predicted octanol–water partition coefficient (Wildman–Crippen LogP) is -0.0208. The molecule has 7 N–H and O–H groups in total. The van der Waals surface area contributed by atoms with E-state index >= 15 is 0 Å². The minimum Gasteiger partial charge on any atom is -0.481 e. The van der Waals surface area contributed by atoms with Crippen LogP contribution in [0.25, 0.3) is 0 Å². The van der Waals surface area contributed by atoms with E-state index in [0.29, 0.717) is 11.3 Å². The van der Waals surface area contributed by atoms with Crippen LogP contribution in [0.5, 0.6) is 0 Å². The van der Waals surface area contributed by atoms with Gasteiger partial charge in [-0.2, -0.15) is 11.8 Å². The number of hydrogen-bond acceptors (Lipinski definition) is 7. The number of nitrogens with one attached hydrogen (secondary N) is 3. The van der Waals surface area contributed by atoms with Crippen LogP contribution in [0.15, 0.2) is 30.3 Å². The smallest absolute Gasteiger partial charge is 0.326 e. The zero-order chi connectivity index (χ0) is 26.5. The molecule has 0 fully saturated rings. The molecule has 0 aromatic heterocycles. The lowest BCUT2D eigenvalue weighted by Gasteiger charge is -2.25. The summed E-state index contributed by atoms with van der Waals surface area (Å²) in [4.78, 5) is 61.1. The number of carboxylic acid groups (broad SMARTS) is 2. The van der Waals surface area contributed by atoms with E-state index in [1.165, 1.54) is 11.8 Å². The molecule has 0 spiro atoms. The number of amides is 3. The van der Waals surface area contributed by atoms with E-state index in [4.69, 9.17) is 5.73 Å². The molecule has 0 aliphatic carbocycles. The third-order valence-electron chi connectivity index (χ3n) is 5.17. The Balaban J connectivity index is 2.99.